The van der Waals surface area contributed by atoms with Crippen molar-refractivity contribution in [2.45, 2.75) is 18.9 Å². The minimum Gasteiger partial charge on any atom is -0.495 e. The Balaban J connectivity index is 1.65. The summed E-state index contributed by atoms with van der Waals surface area (Å²) in [5.41, 5.74) is 1.16. The lowest BCUT2D eigenvalue weighted by Gasteiger charge is -2.14. The van der Waals surface area contributed by atoms with Crippen molar-refractivity contribution in [2.75, 3.05) is 25.6 Å². The van der Waals surface area contributed by atoms with E-state index < -0.39 is 0 Å². The molecule has 1 N–H and O–H groups in total. The topological polar surface area (TPSA) is 56.8 Å². The number of amides is 1. The van der Waals surface area contributed by atoms with Crippen molar-refractivity contribution in [3.05, 3.63) is 52.5 Å². The Bertz CT molecular complexity index is 744. The molecule has 0 aromatic heterocycles. The number of nitrogens with one attached hydrogen (secondary N) is 1. The van der Waals surface area contributed by atoms with E-state index in [1.165, 1.54) is 0 Å². The SMILES string of the molecule is COc1ccccc1NC(=O)c1ccc(OCC2CCCO2)c(Br)c1. The number of ether oxygens (including phenoxy) is 3. The third kappa shape index (κ3) is 4.52. The first kappa shape index (κ1) is 17.8. The Morgan fingerprint density at radius 3 is 2.84 bits per heavy atom. The molecule has 2 aromatic carbocycles. The van der Waals surface area contributed by atoms with E-state index >= 15 is 0 Å². The predicted octanol–water partition coefficient (Wildman–Crippen LogP) is 4.27. The van der Waals surface area contributed by atoms with Gasteiger partial charge in [-0.25, -0.2) is 0 Å². The van der Waals surface area contributed by atoms with Crippen LogP contribution >= 0.6 is 15.9 Å². The molecule has 1 atom stereocenters. The molecule has 132 valence electrons. The van der Waals surface area contributed by atoms with Gasteiger partial charge in [0.1, 0.15) is 18.1 Å². The first-order valence-corrected chi connectivity index (χ1v) is 8.95. The van der Waals surface area contributed by atoms with Gasteiger partial charge in [-0.2, -0.15) is 0 Å². The Labute approximate surface area is 155 Å². The summed E-state index contributed by atoms with van der Waals surface area (Å²) in [7, 11) is 1.57. The second kappa shape index (κ2) is 8.36. The lowest BCUT2D eigenvalue weighted by Crippen LogP contribution is -2.17. The fraction of sp³-hybridized carbons (Fsp3) is 0.316. The monoisotopic (exact) mass is 405 g/mol. The van der Waals surface area contributed by atoms with Gasteiger partial charge in [0.05, 0.1) is 23.4 Å². The lowest BCUT2D eigenvalue weighted by atomic mass is 10.2. The van der Waals surface area contributed by atoms with Crippen LogP contribution in [0.15, 0.2) is 46.9 Å². The Hall–Kier alpha value is -2.05. The molecule has 1 amide bonds. The maximum Gasteiger partial charge on any atom is 0.255 e. The number of carbonyl (C=O) groups is 1. The molecule has 0 radical (unpaired) electrons. The van der Waals surface area contributed by atoms with Crippen LogP contribution in [0.25, 0.3) is 0 Å². The van der Waals surface area contributed by atoms with Crippen LogP contribution in [-0.4, -0.2) is 32.3 Å². The van der Waals surface area contributed by atoms with Crippen LogP contribution in [0, 0.1) is 0 Å². The summed E-state index contributed by atoms with van der Waals surface area (Å²) in [5, 5.41) is 2.86. The van der Waals surface area contributed by atoms with E-state index in [0.29, 0.717) is 29.4 Å². The largest absolute Gasteiger partial charge is 0.495 e. The molecule has 1 aliphatic heterocycles. The van der Waals surface area contributed by atoms with Crippen molar-refractivity contribution in [1.29, 1.82) is 0 Å². The van der Waals surface area contributed by atoms with E-state index in [1.54, 1.807) is 37.4 Å². The number of hydrogen-bond donors (Lipinski definition) is 1. The summed E-state index contributed by atoms with van der Waals surface area (Å²) in [6.07, 6.45) is 2.26. The molecular weight excluding hydrogens is 386 g/mol. The van der Waals surface area contributed by atoms with Crippen LogP contribution in [0.4, 0.5) is 5.69 Å². The first-order valence-electron chi connectivity index (χ1n) is 8.15. The van der Waals surface area contributed by atoms with Crippen molar-refractivity contribution in [3.8, 4) is 11.5 Å². The minimum atomic E-state index is -0.212. The number of rotatable bonds is 6. The molecular formula is C19H20BrNO4. The summed E-state index contributed by atoms with van der Waals surface area (Å²) in [4.78, 5) is 12.5. The van der Waals surface area contributed by atoms with Crippen molar-refractivity contribution in [2.24, 2.45) is 0 Å². The Morgan fingerprint density at radius 2 is 2.12 bits per heavy atom. The third-order valence-corrected chi connectivity index (χ3v) is 4.62. The van der Waals surface area contributed by atoms with E-state index in [-0.39, 0.29) is 12.0 Å². The molecule has 1 heterocycles. The molecule has 2 aromatic rings. The second-order valence-electron chi connectivity index (χ2n) is 5.75. The maximum absolute atomic E-state index is 12.5. The quantitative estimate of drug-likeness (QED) is 0.779. The summed E-state index contributed by atoms with van der Waals surface area (Å²) < 4.78 is 17.3. The average molecular weight is 406 g/mol. The normalized spacial score (nSPS) is 16.5. The van der Waals surface area contributed by atoms with E-state index in [4.69, 9.17) is 14.2 Å². The van der Waals surface area contributed by atoms with Gasteiger partial charge in [0.2, 0.25) is 0 Å². The highest BCUT2D eigenvalue weighted by molar-refractivity contribution is 9.10. The van der Waals surface area contributed by atoms with E-state index in [0.717, 1.165) is 23.9 Å². The van der Waals surface area contributed by atoms with Crippen molar-refractivity contribution >= 4 is 27.5 Å². The molecule has 3 rings (SSSR count). The summed E-state index contributed by atoms with van der Waals surface area (Å²) in [6.45, 7) is 1.32. The molecule has 1 aliphatic rings. The smallest absolute Gasteiger partial charge is 0.255 e. The van der Waals surface area contributed by atoms with Crippen molar-refractivity contribution < 1.29 is 19.0 Å². The minimum absolute atomic E-state index is 0.153. The molecule has 6 heteroatoms. The molecule has 0 aliphatic carbocycles. The molecule has 0 spiro atoms. The standard InChI is InChI=1S/C19H20BrNO4/c1-23-18-7-3-2-6-16(18)21-19(22)13-8-9-17(15(20)11-13)25-12-14-5-4-10-24-14/h2-3,6-9,11,14H,4-5,10,12H2,1H3,(H,21,22). The van der Waals surface area contributed by atoms with Gasteiger partial charge in [-0.15, -0.1) is 0 Å². The molecule has 1 fully saturated rings. The number of hydrogen-bond acceptors (Lipinski definition) is 4. The average Bonchev–Trinajstić information content (AvgIpc) is 3.14. The molecule has 1 unspecified atom stereocenters. The summed E-state index contributed by atoms with van der Waals surface area (Å²) in [6, 6.07) is 12.6. The number of para-hydroxylation sites is 2. The van der Waals surface area contributed by atoms with Crippen LogP contribution in [0.2, 0.25) is 0 Å². The van der Waals surface area contributed by atoms with Crippen LogP contribution < -0.4 is 14.8 Å². The van der Waals surface area contributed by atoms with Crippen LogP contribution in [-0.2, 0) is 4.74 Å². The number of carbonyl (C=O) groups excluding carboxylic acids is 1. The highest BCUT2D eigenvalue weighted by atomic mass is 79.9. The zero-order chi connectivity index (χ0) is 17.6. The highest BCUT2D eigenvalue weighted by Gasteiger charge is 2.17. The molecule has 25 heavy (non-hydrogen) atoms. The molecule has 1 saturated heterocycles. The van der Waals surface area contributed by atoms with Crippen molar-refractivity contribution in [1.82, 2.24) is 0 Å². The molecule has 0 saturated carbocycles. The van der Waals surface area contributed by atoms with E-state index in [2.05, 4.69) is 21.2 Å². The first-order chi connectivity index (χ1) is 12.2. The van der Waals surface area contributed by atoms with Gasteiger partial charge in [0, 0.05) is 12.2 Å². The van der Waals surface area contributed by atoms with Crippen molar-refractivity contribution in [3.63, 3.8) is 0 Å². The Morgan fingerprint density at radius 1 is 1.28 bits per heavy atom. The number of methoxy groups -OCH3 is 1. The number of benzene rings is 2. The van der Waals surface area contributed by atoms with Crippen LogP contribution in [0.5, 0.6) is 11.5 Å². The predicted molar refractivity (Wildman–Crippen MR) is 99.6 cm³/mol. The maximum atomic E-state index is 12.5. The third-order valence-electron chi connectivity index (χ3n) is 4.00. The fourth-order valence-corrected chi connectivity index (χ4v) is 3.15. The van der Waals surface area contributed by atoms with Gasteiger partial charge in [0.15, 0.2) is 0 Å². The zero-order valence-electron chi connectivity index (χ0n) is 14.0. The van der Waals surface area contributed by atoms with Crippen LogP contribution in [0.1, 0.15) is 23.2 Å². The van der Waals surface area contributed by atoms with E-state index in [9.17, 15) is 4.79 Å². The number of anilines is 1. The lowest BCUT2D eigenvalue weighted by molar-refractivity contribution is 0.0677. The van der Waals surface area contributed by atoms with Gasteiger partial charge < -0.3 is 19.5 Å². The molecule has 0 bridgehead atoms. The van der Waals surface area contributed by atoms with Crippen LogP contribution in [0.3, 0.4) is 0 Å². The summed E-state index contributed by atoms with van der Waals surface area (Å²) >= 11 is 3.47. The van der Waals surface area contributed by atoms with Gasteiger partial charge >= 0.3 is 0 Å². The zero-order valence-corrected chi connectivity index (χ0v) is 15.5. The second-order valence-corrected chi connectivity index (χ2v) is 6.60. The van der Waals surface area contributed by atoms with Gasteiger partial charge in [0.25, 0.3) is 5.91 Å². The van der Waals surface area contributed by atoms with Gasteiger partial charge in [-0.1, -0.05) is 12.1 Å². The fourth-order valence-electron chi connectivity index (χ4n) is 2.66. The van der Waals surface area contributed by atoms with Gasteiger partial charge in [-0.05, 0) is 59.1 Å². The molecule has 5 nitrogen and oxygen atoms in total. The number of halogens is 1. The van der Waals surface area contributed by atoms with E-state index in [1.807, 2.05) is 12.1 Å². The summed E-state index contributed by atoms with van der Waals surface area (Å²) in [5.74, 6) is 1.10. The highest BCUT2D eigenvalue weighted by Crippen LogP contribution is 2.28. The van der Waals surface area contributed by atoms with Gasteiger partial charge in [-0.3, -0.25) is 4.79 Å². The Kier molecular flexibility index (Phi) is 5.94.